The van der Waals surface area contributed by atoms with E-state index in [0.29, 0.717) is 90.4 Å². The molecule has 1 aromatic rings. The molecule has 0 aliphatic heterocycles. The molecule has 0 aliphatic carbocycles. The van der Waals surface area contributed by atoms with Gasteiger partial charge in [-0.2, -0.15) is 0 Å². The number of hydrogen-bond acceptors (Lipinski definition) is 20. The second kappa shape index (κ2) is 92.8. The minimum absolute atomic E-state index is 0.00955. The van der Waals surface area contributed by atoms with Crippen LogP contribution in [0.5, 0.6) is 5.75 Å². The average molecular weight is 1320 g/mol. The fourth-order valence-corrected chi connectivity index (χ4v) is 5.28. The molecule has 91 heavy (non-hydrogen) atoms. The Morgan fingerprint density at radius 1 is 0.560 bits per heavy atom. The Hall–Kier alpha value is -8.40. The maximum absolute atomic E-state index is 11.4. The number of carbonyl (C=O) groups excluding carboxylic acids is 9. The number of amides is 8. The lowest BCUT2D eigenvalue weighted by Crippen LogP contribution is -2.46. The van der Waals surface area contributed by atoms with Gasteiger partial charge in [0, 0.05) is 37.7 Å². The van der Waals surface area contributed by atoms with Gasteiger partial charge in [-0.15, -0.1) is 0 Å². The van der Waals surface area contributed by atoms with Crippen LogP contribution in [0.25, 0.3) is 0 Å². The monoisotopic (exact) mass is 1320 g/mol. The van der Waals surface area contributed by atoms with Crippen LogP contribution in [-0.4, -0.2) is 228 Å². The van der Waals surface area contributed by atoms with Crippen molar-refractivity contribution in [2.45, 2.75) is 164 Å². The molecule has 33 heteroatoms. The first-order chi connectivity index (χ1) is 43.4. The van der Waals surface area contributed by atoms with Gasteiger partial charge in [0.05, 0.1) is 65.5 Å². The summed E-state index contributed by atoms with van der Waals surface area (Å²) in [5.74, 6) is -3.49. The SMILES string of the molecule is C=O.CC.CC(CC(=O)O)NC(=O)CNC=O.CC(CCCCN)NC(=O)CNC=O.CCC(NC=O)C(=O)NC(C)CC(=O)O.CCCC(=O)O.CCCCNC.CCCOCCOCCOCCNC(=O)CNC=O.Cc1ccc(O)cc1.O=CO.O=CO. The quantitative estimate of drug-likeness (QED) is 0.0318. The number of benzene rings is 1. The lowest BCUT2D eigenvalue weighted by Gasteiger charge is -2.17. The molecule has 8 amide bonds. The van der Waals surface area contributed by atoms with E-state index in [1.54, 1.807) is 32.9 Å². The zero-order chi connectivity index (χ0) is 72.3. The van der Waals surface area contributed by atoms with E-state index in [-0.39, 0.29) is 69.2 Å². The maximum Gasteiger partial charge on any atom is 0.305 e. The van der Waals surface area contributed by atoms with E-state index in [4.69, 9.17) is 65.0 Å². The lowest BCUT2D eigenvalue weighted by atomic mass is 10.1. The molecule has 1 rings (SSSR count). The molecule has 0 radical (unpaired) electrons. The lowest BCUT2D eigenvalue weighted by molar-refractivity contribution is -0.139. The number of carbonyl (C=O) groups is 14. The second-order valence-corrected chi connectivity index (χ2v) is 17.4. The van der Waals surface area contributed by atoms with Crippen LogP contribution in [0.3, 0.4) is 0 Å². The Labute approximate surface area is 536 Å². The highest BCUT2D eigenvalue weighted by atomic mass is 16.5. The van der Waals surface area contributed by atoms with Crippen molar-refractivity contribution in [2.75, 3.05) is 86.0 Å². The number of aryl methyl sites for hydroxylation is 1. The van der Waals surface area contributed by atoms with Gasteiger partial charge in [-0.1, -0.05) is 72.1 Å². The van der Waals surface area contributed by atoms with E-state index < -0.39 is 41.9 Å². The Balaban J connectivity index is -0.000000105. The third kappa shape index (κ3) is 117. The number of phenolic OH excluding ortho intramolecular Hbond substituents is 1. The molecule has 0 spiro atoms. The Morgan fingerprint density at radius 2 is 0.978 bits per heavy atom. The summed E-state index contributed by atoms with van der Waals surface area (Å²) in [5.41, 5.74) is 6.51. The number of aromatic hydroxyl groups is 1. The zero-order valence-corrected chi connectivity index (χ0v) is 55.3. The van der Waals surface area contributed by atoms with Gasteiger partial charge in [0.25, 0.3) is 12.9 Å². The first-order valence-corrected chi connectivity index (χ1v) is 29.2. The minimum atomic E-state index is -0.976. The summed E-state index contributed by atoms with van der Waals surface area (Å²) in [6.07, 6.45) is 9.59. The summed E-state index contributed by atoms with van der Waals surface area (Å²) >= 11 is 0. The number of phenols is 1. The molecule has 0 aliphatic rings. The Morgan fingerprint density at radius 3 is 1.31 bits per heavy atom. The number of aliphatic carboxylic acids is 3. The van der Waals surface area contributed by atoms with Crippen molar-refractivity contribution in [3.05, 3.63) is 29.8 Å². The number of rotatable bonds is 40. The van der Waals surface area contributed by atoms with Crippen molar-refractivity contribution in [3.63, 3.8) is 0 Å². The van der Waals surface area contributed by atoms with Gasteiger partial charge < -0.3 is 103 Å². The number of hydrogen-bond donors (Lipinski definition) is 16. The smallest absolute Gasteiger partial charge is 0.305 e. The summed E-state index contributed by atoms with van der Waals surface area (Å²) in [5, 5.41) is 69.7. The van der Waals surface area contributed by atoms with Crippen LogP contribution in [-0.2, 0) is 81.3 Å². The van der Waals surface area contributed by atoms with E-state index in [2.05, 4.69) is 61.7 Å². The van der Waals surface area contributed by atoms with Gasteiger partial charge in [-0.25, -0.2) is 0 Å². The highest BCUT2D eigenvalue weighted by Gasteiger charge is 2.18. The van der Waals surface area contributed by atoms with Crippen LogP contribution in [0, 0.1) is 6.92 Å². The predicted molar refractivity (Wildman–Crippen MR) is 342 cm³/mol. The summed E-state index contributed by atoms with van der Waals surface area (Å²) < 4.78 is 15.8. The fourth-order valence-electron chi connectivity index (χ4n) is 5.28. The molecule has 0 fully saturated rings. The van der Waals surface area contributed by atoms with Crippen molar-refractivity contribution in [2.24, 2.45) is 5.73 Å². The molecule has 1 aromatic carbocycles. The molecule has 0 heterocycles. The van der Waals surface area contributed by atoms with Crippen LogP contribution in [0.4, 0.5) is 0 Å². The van der Waals surface area contributed by atoms with Crippen molar-refractivity contribution < 1.29 is 112 Å². The Bertz CT molecular complexity index is 1830. The van der Waals surface area contributed by atoms with Crippen molar-refractivity contribution in [3.8, 4) is 5.75 Å². The first kappa shape index (κ1) is 104. The molecular formula is C58H112N10O23. The second-order valence-electron chi connectivity index (χ2n) is 17.4. The van der Waals surface area contributed by atoms with Gasteiger partial charge in [0.15, 0.2) is 0 Å². The van der Waals surface area contributed by atoms with Gasteiger partial charge in [-0.3, -0.25) is 62.3 Å². The highest BCUT2D eigenvalue weighted by Crippen LogP contribution is 2.07. The van der Waals surface area contributed by atoms with Crippen LogP contribution in [0.15, 0.2) is 24.3 Å². The van der Waals surface area contributed by atoms with Crippen LogP contribution in [0.1, 0.15) is 139 Å². The number of nitrogens with two attached hydrogens (primary N) is 1. The van der Waals surface area contributed by atoms with Crippen LogP contribution in [0.2, 0.25) is 0 Å². The van der Waals surface area contributed by atoms with Gasteiger partial charge in [-0.05, 0) is 98.5 Å². The molecule has 0 bridgehead atoms. The van der Waals surface area contributed by atoms with Crippen molar-refractivity contribution in [1.82, 2.24) is 47.9 Å². The third-order valence-corrected chi connectivity index (χ3v) is 9.23. The van der Waals surface area contributed by atoms with E-state index in [1.807, 2.05) is 60.6 Å². The van der Waals surface area contributed by atoms with E-state index in [1.165, 1.54) is 18.4 Å². The topological polar surface area (TPSA) is 522 Å². The molecular weight excluding hydrogens is 1200 g/mol. The molecule has 4 atom stereocenters. The van der Waals surface area contributed by atoms with Crippen LogP contribution >= 0.6 is 0 Å². The largest absolute Gasteiger partial charge is 0.508 e. The third-order valence-electron chi connectivity index (χ3n) is 9.23. The summed E-state index contributed by atoms with van der Waals surface area (Å²) in [6, 6.07) is 5.76. The first-order valence-electron chi connectivity index (χ1n) is 29.2. The fraction of sp³-hybridized carbons (Fsp3) is 0.655. The molecule has 0 saturated heterocycles. The average Bonchev–Trinajstić information content (AvgIpc) is 3.36. The molecule has 532 valence electrons. The normalized spacial score (nSPS) is 10.2. The van der Waals surface area contributed by atoms with E-state index in [9.17, 15) is 52.7 Å². The predicted octanol–water partition coefficient (Wildman–Crippen LogP) is 0.697. The summed E-state index contributed by atoms with van der Waals surface area (Å²) in [6.45, 7) is 26.0. The minimum Gasteiger partial charge on any atom is -0.508 e. The number of nitrogens with one attached hydrogen (secondary N) is 9. The standard InChI is InChI=1S/C12H24N2O5.C9H19N3O2.C9H16N2O4.C7H12N2O4.C7H8O.C5H13N.C4H8O2.C2H6.2CH2O2.CH2O/c1-2-4-17-6-8-19-9-7-18-5-3-14-12(16)10-13-11-15;1-8(4-2-3-5-10)12-9(14)6-11-7-13;1-3-7(10-5-12)9(15)11-6(2)4-8(13)14;1-5(2-7(12)13)9-6(11)3-8-4-10;1-6-2-4-7(8)5-3-6;1-3-4-5-6-2;1-2-3-4(5)6;1-2;2*2-1-3;1-2/h11H,2-10H2,1H3,(H,13,15)(H,14,16);7-8H,2-6,10H2,1H3,(H,11,13)(H,12,14);5-7H,3-4H2,1-2H3,(H,10,12)(H,11,15)(H,13,14);4-5H,2-3H2,1H3,(H,8,10)(H,9,11)(H,12,13);2-5,8H,1H3;6H,3-5H2,1-2H3;2-3H2,1H3,(H,5,6);1-2H3;2*1H,(H,2,3);1H2. The number of ether oxygens (including phenoxy) is 3. The maximum atomic E-state index is 11.4. The van der Waals surface area contributed by atoms with E-state index >= 15 is 0 Å². The number of unbranched alkanes of at least 4 members (excludes halogenated alkanes) is 2. The zero-order valence-electron chi connectivity index (χ0n) is 55.3. The van der Waals surface area contributed by atoms with Gasteiger partial charge >= 0.3 is 17.9 Å². The summed E-state index contributed by atoms with van der Waals surface area (Å²) in [4.78, 5) is 139. The molecule has 33 nitrogen and oxygen atoms in total. The molecule has 0 aromatic heterocycles. The highest BCUT2D eigenvalue weighted by molar-refractivity contribution is 5.84. The van der Waals surface area contributed by atoms with E-state index in [0.717, 1.165) is 45.3 Å². The summed E-state index contributed by atoms with van der Waals surface area (Å²) in [7, 11) is 1.98. The molecule has 4 unspecified atom stereocenters. The Kier molecular flexibility index (Phi) is 106. The van der Waals surface area contributed by atoms with Gasteiger partial charge in [0.1, 0.15) is 18.6 Å². The molecule has 17 N–H and O–H groups in total. The molecule has 0 saturated carbocycles. The number of carboxylic acids is 3. The van der Waals surface area contributed by atoms with Crippen LogP contribution < -0.4 is 53.6 Å². The van der Waals surface area contributed by atoms with Crippen molar-refractivity contribution in [1.29, 1.82) is 0 Å². The van der Waals surface area contributed by atoms with Crippen molar-refractivity contribution >= 4 is 86.9 Å². The van der Waals surface area contributed by atoms with Gasteiger partial charge in [0.2, 0.25) is 49.3 Å². The number of carboxylic acid groups (broad SMARTS) is 5.